The number of hydrogen-bond acceptors (Lipinski definition) is 6. The molecule has 1 aromatic carbocycles. The highest BCUT2D eigenvalue weighted by Crippen LogP contribution is 2.40. The number of aromatic hydroxyl groups is 1. The van der Waals surface area contributed by atoms with Crippen molar-refractivity contribution < 1.29 is 9.90 Å². The maximum absolute atomic E-state index is 11.7. The van der Waals surface area contributed by atoms with E-state index in [2.05, 4.69) is 46.2 Å². The van der Waals surface area contributed by atoms with Crippen LogP contribution in [0.3, 0.4) is 0 Å². The fraction of sp³-hybridized carbons (Fsp3) is 0.450. The molecular weight excluding hydrogens is 374 g/mol. The molecule has 0 spiro atoms. The molecule has 7 nitrogen and oxygen atoms in total. The van der Waals surface area contributed by atoms with Gasteiger partial charge in [0, 0.05) is 39.5 Å². The predicted octanol–water partition coefficient (Wildman–Crippen LogP) is 2.62. The third kappa shape index (κ3) is 3.38. The fourth-order valence-corrected chi connectivity index (χ4v) is 4.83. The van der Waals surface area contributed by atoms with E-state index in [0.717, 1.165) is 35.8 Å². The van der Waals surface area contributed by atoms with Crippen LogP contribution in [0.15, 0.2) is 24.3 Å². The Morgan fingerprint density at radius 3 is 2.46 bits per heavy atom. The third-order valence-electron chi connectivity index (χ3n) is 5.33. The molecule has 1 atom stereocenters. The van der Waals surface area contributed by atoms with Gasteiger partial charge in [-0.1, -0.05) is 48.1 Å². The van der Waals surface area contributed by atoms with Crippen LogP contribution in [-0.2, 0) is 11.2 Å². The number of aryl methyl sites for hydroxylation is 2. The molecule has 1 fully saturated rings. The van der Waals surface area contributed by atoms with Gasteiger partial charge in [0.05, 0.1) is 10.9 Å². The SMILES string of the molecule is CCc1nc2sc([C@@H](c3ccc(C)cc3)N3CCN(C(C)=O)CC3)c(O)n2n1. The zero-order valence-electron chi connectivity index (χ0n) is 16.4. The summed E-state index contributed by atoms with van der Waals surface area (Å²) in [5, 5.41) is 15.4. The summed E-state index contributed by atoms with van der Waals surface area (Å²) >= 11 is 1.49. The maximum Gasteiger partial charge on any atom is 0.230 e. The monoisotopic (exact) mass is 399 g/mol. The molecule has 28 heavy (non-hydrogen) atoms. The maximum atomic E-state index is 11.7. The molecule has 0 radical (unpaired) electrons. The second-order valence-electron chi connectivity index (χ2n) is 7.22. The molecule has 3 aromatic rings. The van der Waals surface area contributed by atoms with Crippen molar-refractivity contribution in [1.29, 1.82) is 0 Å². The summed E-state index contributed by atoms with van der Waals surface area (Å²) in [6, 6.07) is 8.33. The van der Waals surface area contributed by atoms with Crippen LogP contribution in [0.4, 0.5) is 0 Å². The summed E-state index contributed by atoms with van der Waals surface area (Å²) in [6.07, 6.45) is 0.734. The molecule has 1 aliphatic rings. The summed E-state index contributed by atoms with van der Waals surface area (Å²) in [4.78, 5) is 22.0. The molecule has 0 unspecified atom stereocenters. The largest absolute Gasteiger partial charge is 0.492 e. The Morgan fingerprint density at radius 2 is 1.89 bits per heavy atom. The molecule has 148 valence electrons. The molecular formula is C20H25N5O2S. The second-order valence-corrected chi connectivity index (χ2v) is 8.23. The number of piperazine rings is 1. The number of carbonyl (C=O) groups is 1. The molecule has 1 aliphatic heterocycles. The Balaban J connectivity index is 1.73. The minimum atomic E-state index is -0.0896. The van der Waals surface area contributed by atoms with Gasteiger partial charge in [-0.2, -0.15) is 4.52 Å². The molecule has 8 heteroatoms. The van der Waals surface area contributed by atoms with Gasteiger partial charge >= 0.3 is 0 Å². The van der Waals surface area contributed by atoms with Crippen LogP contribution in [0.25, 0.3) is 4.96 Å². The van der Waals surface area contributed by atoms with Crippen LogP contribution in [-0.4, -0.2) is 61.6 Å². The zero-order chi connectivity index (χ0) is 19.8. The first-order valence-corrected chi connectivity index (χ1v) is 10.4. The number of thiazole rings is 1. The third-order valence-corrected chi connectivity index (χ3v) is 6.40. The lowest BCUT2D eigenvalue weighted by atomic mass is 10.0. The molecule has 2 aromatic heterocycles. The molecule has 4 rings (SSSR count). The summed E-state index contributed by atoms with van der Waals surface area (Å²) in [6.45, 7) is 8.58. The van der Waals surface area contributed by atoms with Crippen molar-refractivity contribution >= 4 is 22.2 Å². The van der Waals surface area contributed by atoms with Crippen LogP contribution in [0.2, 0.25) is 0 Å². The van der Waals surface area contributed by atoms with Crippen LogP contribution < -0.4 is 0 Å². The van der Waals surface area contributed by atoms with Gasteiger partial charge in [0.1, 0.15) is 0 Å². The lowest BCUT2D eigenvalue weighted by Gasteiger charge is -2.38. The van der Waals surface area contributed by atoms with Crippen LogP contribution in [0.1, 0.15) is 41.7 Å². The van der Waals surface area contributed by atoms with Crippen molar-refractivity contribution in [2.75, 3.05) is 26.2 Å². The van der Waals surface area contributed by atoms with E-state index in [-0.39, 0.29) is 17.8 Å². The average molecular weight is 400 g/mol. The minimum absolute atomic E-state index is 0.0896. The van der Waals surface area contributed by atoms with Gasteiger partial charge in [0.2, 0.25) is 16.7 Å². The summed E-state index contributed by atoms with van der Waals surface area (Å²) < 4.78 is 1.55. The van der Waals surface area contributed by atoms with E-state index >= 15 is 0 Å². The molecule has 3 heterocycles. The predicted molar refractivity (Wildman–Crippen MR) is 109 cm³/mol. The van der Waals surface area contributed by atoms with Crippen molar-refractivity contribution in [3.8, 4) is 5.88 Å². The number of fused-ring (bicyclic) bond motifs is 1. The Labute approximate surface area is 168 Å². The fourth-order valence-electron chi connectivity index (χ4n) is 3.69. The highest BCUT2D eigenvalue weighted by Gasteiger charge is 2.32. The van der Waals surface area contributed by atoms with Gasteiger partial charge in [-0.15, -0.1) is 5.10 Å². The Hall–Kier alpha value is -2.45. The second kappa shape index (κ2) is 7.52. The highest BCUT2D eigenvalue weighted by atomic mass is 32.1. The van der Waals surface area contributed by atoms with Crippen molar-refractivity contribution in [2.24, 2.45) is 0 Å². The molecule has 1 amide bonds. The minimum Gasteiger partial charge on any atom is -0.492 e. The van der Waals surface area contributed by atoms with Gasteiger partial charge in [-0.25, -0.2) is 4.98 Å². The normalized spacial score (nSPS) is 16.6. The quantitative estimate of drug-likeness (QED) is 0.730. The van der Waals surface area contributed by atoms with Gasteiger partial charge < -0.3 is 10.0 Å². The topological polar surface area (TPSA) is 74.0 Å². The van der Waals surface area contributed by atoms with Gasteiger partial charge in [0.15, 0.2) is 5.82 Å². The lowest BCUT2D eigenvalue weighted by molar-refractivity contribution is -0.130. The Kier molecular flexibility index (Phi) is 5.07. The van der Waals surface area contributed by atoms with Gasteiger partial charge in [0.25, 0.3) is 0 Å². The summed E-state index contributed by atoms with van der Waals surface area (Å²) in [7, 11) is 0. The van der Waals surface area contributed by atoms with Crippen LogP contribution in [0.5, 0.6) is 5.88 Å². The number of carbonyl (C=O) groups excluding carboxylic acids is 1. The van der Waals surface area contributed by atoms with Gasteiger partial charge in [-0.05, 0) is 12.5 Å². The summed E-state index contributed by atoms with van der Waals surface area (Å²) in [5.41, 5.74) is 2.32. The Bertz CT molecular complexity index is 986. The number of aromatic nitrogens is 3. The van der Waals surface area contributed by atoms with Crippen LogP contribution >= 0.6 is 11.3 Å². The lowest BCUT2D eigenvalue weighted by Crippen LogP contribution is -2.49. The average Bonchev–Trinajstić information content (AvgIpc) is 3.23. The number of rotatable bonds is 4. The molecule has 1 N–H and O–H groups in total. The first-order valence-electron chi connectivity index (χ1n) is 9.61. The smallest absolute Gasteiger partial charge is 0.230 e. The van der Waals surface area contributed by atoms with E-state index in [4.69, 9.17) is 0 Å². The molecule has 1 saturated heterocycles. The first kappa shape index (κ1) is 18.9. The van der Waals surface area contributed by atoms with Crippen molar-refractivity contribution in [3.63, 3.8) is 0 Å². The van der Waals surface area contributed by atoms with Gasteiger partial charge in [-0.3, -0.25) is 9.69 Å². The van der Waals surface area contributed by atoms with E-state index < -0.39 is 0 Å². The first-order chi connectivity index (χ1) is 13.5. The summed E-state index contributed by atoms with van der Waals surface area (Å²) in [5.74, 6) is 1.00. The molecule has 0 aliphatic carbocycles. The number of amides is 1. The van der Waals surface area contributed by atoms with E-state index in [0.29, 0.717) is 18.1 Å². The zero-order valence-corrected chi connectivity index (χ0v) is 17.2. The van der Waals surface area contributed by atoms with E-state index in [1.54, 1.807) is 11.4 Å². The van der Waals surface area contributed by atoms with Crippen molar-refractivity contribution in [2.45, 2.75) is 33.2 Å². The number of hydrogen-bond donors (Lipinski definition) is 1. The van der Waals surface area contributed by atoms with E-state index in [1.807, 2.05) is 11.8 Å². The van der Waals surface area contributed by atoms with E-state index in [1.165, 1.54) is 16.9 Å². The van der Waals surface area contributed by atoms with E-state index in [9.17, 15) is 9.90 Å². The number of benzene rings is 1. The van der Waals surface area contributed by atoms with Crippen molar-refractivity contribution in [1.82, 2.24) is 24.4 Å². The Morgan fingerprint density at radius 1 is 1.21 bits per heavy atom. The number of nitrogens with zero attached hydrogens (tertiary/aromatic N) is 5. The molecule has 0 saturated carbocycles. The molecule has 0 bridgehead atoms. The standard InChI is InChI=1S/C20H25N5O2S/c1-4-16-21-20-25(22-16)19(27)18(28-20)17(15-7-5-13(2)6-8-15)24-11-9-23(10-12-24)14(3)26/h5-8,17,27H,4,9-12H2,1-3H3/t17-/m1/s1. The highest BCUT2D eigenvalue weighted by molar-refractivity contribution is 7.17. The van der Waals surface area contributed by atoms with Crippen LogP contribution in [0, 0.1) is 6.92 Å². The van der Waals surface area contributed by atoms with Crippen molar-refractivity contribution in [3.05, 3.63) is 46.1 Å².